The number of nitro groups is 1. The Morgan fingerprint density at radius 3 is 1.42 bits per heavy atom. The van der Waals surface area contributed by atoms with Crippen molar-refractivity contribution in [3.63, 3.8) is 0 Å². The number of fused-ring (bicyclic) bond motifs is 7. The van der Waals surface area contributed by atoms with E-state index in [1.807, 2.05) is 60.7 Å². The van der Waals surface area contributed by atoms with E-state index in [4.69, 9.17) is 4.42 Å². The van der Waals surface area contributed by atoms with Crippen molar-refractivity contribution in [1.29, 1.82) is 0 Å². The minimum Gasteiger partial charge on any atom is -0.456 e. The van der Waals surface area contributed by atoms with E-state index in [9.17, 15) is 10.1 Å². The zero-order valence-corrected chi connectivity index (χ0v) is 26.8. The zero-order chi connectivity index (χ0) is 33.3. The van der Waals surface area contributed by atoms with Crippen molar-refractivity contribution < 1.29 is 9.34 Å². The number of hydrogen-bond donors (Lipinski definition) is 0. The Labute approximate surface area is 286 Å². The fraction of sp³-hybridized carbons (Fsp3) is 0. The summed E-state index contributed by atoms with van der Waals surface area (Å²) in [7, 11) is 0. The summed E-state index contributed by atoms with van der Waals surface area (Å²) in [4.78, 5) is 12.2. The van der Waals surface area contributed by atoms with Crippen molar-refractivity contribution in [2.75, 3.05) is 0 Å². The van der Waals surface area contributed by atoms with Crippen LogP contribution in [0.5, 0.6) is 0 Å². The minimum atomic E-state index is -0.258. The van der Waals surface area contributed by atoms with E-state index in [0.717, 1.165) is 49.4 Å². The lowest BCUT2D eigenvalue weighted by Crippen LogP contribution is -1.95. The van der Waals surface area contributed by atoms with Gasteiger partial charge in [-0.2, -0.15) is 0 Å². The largest absolute Gasteiger partial charge is 0.456 e. The van der Waals surface area contributed by atoms with E-state index in [1.165, 1.54) is 38.2 Å². The maximum Gasteiger partial charge on any atom is 0.284 e. The molecule has 0 aliphatic heterocycles. The number of rotatable bonds is 4. The molecule has 50 heavy (non-hydrogen) atoms. The van der Waals surface area contributed by atoms with Crippen LogP contribution in [0.3, 0.4) is 0 Å². The molecule has 0 saturated heterocycles. The molecule has 0 aliphatic rings. The molecular weight excluding hydrogens is 615 g/mol. The van der Waals surface area contributed by atoms with Gasteiger partial charge in [-0.3, -0.25) is 10.1 Å². The standard InChI is InChI=1S/C46H27NO3/c48-47(49)46-36-21-10-8-19-34(36)44(35-20-9-11-22-37(35)46)38-23-12-24-41-45(38)39-27-29(25-26-40(39)50-41)43-32-17-6-4-15-30(32)42(28-13-2-1-3-14-28)31-16-5-7-18-33(31)43/h1-27H. The molecule has 4 heteroatoms. The fourth-order valence-electron chi connectivity index (χ4n) is 8.14. The molecule has 1 heterocycles. The smallest absolute Gasteiger partial charge is 0.284 e. The highest BCUT2D eigenvalue weighted by atomic mass is 16.6. The molecule has 0 radical (unpaired) electrons. The quantitative estimate of drug-likeness (QED) is 0.109. The monoisotopic (exact) mass is 641 g/mol. The first kappa shape index (κ1) is 28.3. The number of benzene rings is 9. The Morgan fingerprint density at radius 1 is 0.400 bits per heavy atom. The summed E-state index contributed by atoms with van der Waals surface area (Å²) >= 11 is 0. The molecule has 234 valence electrons. The summed E-state index contributed by atoms with van der Waals surface area (Å²) in [5, 5.41) is 22.1. The van der Waals surface area contributed by atoms with Gasteiger partial charge in [-0.1, -0.05) is 133 Å². The minimum absolute atomic E-state index is 0.129. The highest BCUT2D eigenvalue weighted by Gasteiger charge is 2.24. The van der Waals surface area contributed by atoms with Gasteiger partial charge in [-0.05, 0) is 96.0 Å². The van der Waals surface area contributed by atoms with E-state index < -0.39 is 0 Å². The first-order valence-electron chi connectivity index (χ1n) is 16.7. The lowest BCUT2D eigenvalue weighted by Gasteiger charge is -2.17. The molecule has 10 aromatic rings. The van der Waals surface area contributed by atoms with Gasteiger partial charge >= 0.3 is 0 Å². The van der Waals surface area contributed by atoms with Gasteiger partial charge in [0.1, 0.15) is 11.2 Å². The molecule has 0 amide bonds. The molecule has 0 atom stereocenters. The van der Waals surface area contributed by atoms with E-state index in [-0.39, 0.29) is 10.6 Å². The van der Waals surface area contributed by atoms with Gasteiger partial charge in [-0.15, -0.1) is 0 Å². The predicted molar refractivity (Wildman–Crippen MR) is 207 cm³/mol. The normalized spacial score (nSPS) is 11.8. The maximum atomic E-state index is 12.5. The third kappa shape index (κ3) is 4.06. The molecule has 0 N–H and O–H groups in total. The van der Waals surface area contributed by atoms with Crippen molar-refractivity contribution in [3.05, 3.63) is 174 Å². The molecule has 1 aromatic heterocycles. The van der Waals surface area contributed by atoms with Gasteiger partial charge < -0.3 is 4.42 Å². The number of non-ortho nitro benzene ring substituents is 1. The highest BCUT2D eigenvalue weighted by Crippen LogP contribution is 2.48. The summed E-state index contributed by atoms with van der Waals surface area (Å²) in [5.41, 5.74) is 8.33. The molecule has 0 spiro atoms. The van der Waals surface area contributed by atoms with Crippen molar-refractivity contribution >= 4 is 70.7 Å². The van der Waals surface area contributed by atoms with Gasteiger partial charge in [-0.25, -0.2) is 0 Å². The average molecular weight is 642 g/mol. The van der Waals surface area contributed by atoms with Crippen LogP contribution >= 0.6 is 0 Å². The van der Waals surface area contributed by atoms with Crippen LogP contribution in [-0.2, 0) is 0 Å². The maximum absolute atomic E-state index is 12.5. The van der Waals surface area contributed by atoms with E-state index >= 15 is 0 Å². The Balaban J connectivity index is 1.31. The number of nitro benzene ring substituents is 1. The van der Waals surface area contributed by atoms with Gasteiger partial charge in [0, 0.05) is 10.8 Å². The Bertz CT molecular complexity index is 2900. The summed E-state index contributed by atoms with van der Waals surface area (Å²) in [6.45, 7) is 0. The van der Waals surface area contributed by atoms with Crippen LogP contribution in [0.15, 0.2) is 168 Å². The fourth-order valence-corrected chi connectivity index (χ4v) is 8.14. The summed E-state index contributed by atoms with van der Waals surface area (Å²) in [6, 6.07) is 55.9. The molecule has 4 nitrogen and oxygen atoms in total. The second kappa shape index (κ2) is 10.9. The second-order valence-electron chi connectivity index (χ2n) is 12.8. The Kier molecular flexibility index (Phi) is 6.14. The van der Waals surface area contributed by atoms with Crippen LogP contribution in [0, 0.1) is 10.1 Å². The lowest BCUT2D eigenvalue weighted by molar-refractivity contribution is -0.381. The van der Waals surface area contributed by atoms with E-state index in [0.29, 0.717) is 10.8 Å². The van der Waals surface area contributed by atoms with Gasteiger partial charge in [0.2, 0.25) is 0 Å². The van der Waals surface area contributed by atoms with E-state index in [2.05, 4.69) is 103 Å². The number of furan rings is 1. The Morgan fingerprint density at radius 2 is 0.880 bits per heavy atom. The zero-order valence-electron chi connectivity index (χ0n) is 26.8. The van der Waals surface area contributed by atoms with Crippen LogP contribution in [0.2, 0.25) is 0 Å². The first-order valence-corrected chi connectivity index (χ1v) is 16.7. The van der Waals surface area contributed by atoms with Crippen LogP contribution in [0.1, 0.15) is 0 Å². The van der Waals surface area contributed by atoms with Gasteiger partial charge in [0.15, 0.2) is 0 Å². The molecule has 0 aliphatic carbocycles. The third-order valence-corrected chi connectivity index (χ3v) is 10.1. The highest BCUT2D eigenvalue weighted by molar-refractivity contribution is 6.25. The predicted octanol–water partition coefficient (Wildman–Crippen LogP) is 13.1. The van der Waals surface area contributed by atoms with Crippen molar-refractivity contribution in [2.24, 2.45) is 0 Å². The molecule has 10 rings (SSSR count). The Hall–Kier alpha value is -6.78. The van der Waals surface area contributed by atoms with Crippen molar-refractivity contribution in [2.45, 2.75) is 0 Å². The van der Waals surface area contributed by atoms with Gasteiger partial charge in [0.05, 0.1) is 15.7 Å². The summed E-state index contributed by atoms with van der Waals surface area (Å²) in [6.07, 6.45) is 0. The lowest BCUT2D eigenvalue weighted by atomic mass is 9.85. The first-order chi connectivity index (χ1) is 24.7. The van der Waals surface area contributed by atoms with Crippen LogP contribution in [-0.4, -0.2) is 4.92 Å². The van der Waals surface area contributed by atoms with Crippen LogP contribution in [0.4, 0.5) is 5.69 Å². The molecule has 0 unspecified atom stereocenters. The molecular formula is C46H27NO3. The van der Waals surface area contributed by atoms with Gasteiger partial charge in [0.25, 0.3) is 5.69 Å². The van der Waals surface area contributed by atoms with E-state index in [1.54, 1.807) is 0 Å². The van der Waals surface area contributed by atoms with Crippen LogP contribution in [0.25, 0.3) is 98.4 Å². The molecule has 9 aromatic carbocycles. The molecule has 0 fully saturated rings. The van der Waals surface area contributed by atoms with Crippen molar-refractivity contribution in [3.8, 4) is 33.4 Å². The third-order valence-electron chi connectivity index (χ3n) is 10.1. The summed E-state index contributed by atoms with van der Waals surface area (Å²) < 4.78 is 6.54. The van der Waals surface area contributed by atoms with Crippen LogP contribution < -0.4 is 0 Å². The molecule has 0 saturated carbocycles. The number of hydrogen-bond acceptors (Lipinski definition) is 3. The molecule has 0 bridgehead atoms. The number of nitrogens with zero attached hydrogens (tertiary/aromatic N) is 1. The SMILES string of the molecule is O=[N+]([O-])c1c2ccccc2c(-c2cccc3oc4ccc(-c5c6ccccc6c(-c6ccccc6)c6ccccc56)cc4c23)c2ccccc12. The average Bonchev–Trinajstić information content (AvgIpc) is 3.54. The topological polar surface area (TPSA) is 56.3 Å². The van der Waals surface area contributed by atoms with Crippen molar-refractivity contribution in [1.82, 2.24) is 0 Å². The summed E-state index contributed by atoms with van der Waals surface area (Å²) in [5.74, 6) is 0. The second-order valence-corrected chi connectivity index (χ2v) is 12.8.